The fourth-order valence-electron chi connectivity index (χ4n) is 1.31. The quantitative estimate of drug-likeness (QED) is 0.708. The van der Waals surface area contributed by atoms with E-state index in [1.165, 1.54) is 0 Å². The molecule has 0 aliphatic rings. The van der Waals surface area contributed by atoms with Crippen LogP contribution in [-0.2, 0) is 14.3 Å². The average Bonchev–Trinajstić information content (AvgIpc) is 2.26. The molecular weight excluding hydrogens is 220 g/mol. The molecule has 0 saturated carbocycles. The Morgan fingerprint density at radius 3 is 2.18 bits per heavy atom. The number of likely N-dealkylation sites (N-methyl/N-ethyl adjacent to an activating group) is 1. The van der Waals surface area contributed by atoms with Crippen molar-refractivity contribution in [3.63, 3.8) is 0 Å². The van der Waals surface area contributed by atoms with Crippen LogP contribution in [0.1, 0.15) is 27.2 Å². The molecule has 0 fully saturated rings. The van der Waals surface area contributed by atoms with Gasteiger partial charge in [0.25, 0.3) is 0 Å². The second kappa shape index (κ2) is 11.4. The van der Waals surface area contributed by atoms with Gasteiger partial charge in [-0.2, -0.15) is 0 Å². The Labute approximate surface area is 105 Å². The van der Waals surface area contributed by atoms with Gasteiger partial charge in [-0.3, -0.25) is 9.59 Å². The first-order valence-corrected chi connectivity index (χ1v) is 5.80. The van der Waals surface area contributed by atoms with Crippen molar-refractivity contribution in [2.45, 2.75) is 33.2 Å². The molecule has 0 aromatic carbocycles. The van der Waals surface area contributed by atoms with Crippen molar-refractivity contribution in [1.82, 2.24) is 10.2 Å². The molecule has 1 atom stereocenters. The van der Waals surface area contributed by atoms with Gasteiger partial charge < -0.3 is 15.0 Å². The number of carbonyl (C=O) groups is 2. The molecule has 0 bridgehead atoms. The van der Waals surface area contributed by atoms with Crippen LogP contribution >= 0.6 is 0 Å². The van der Waals surface area contributed by atoms with E-state index in [2.05, 4.69) is 10.1 Å². The van der Waals surface area contributed by atoms with Gasteiger partial charge in [-0.15, -0.1) is 0 Å². The van der Waals surface area contributed by atoms with Crippen LogP contribution in [0.2, 0.25) is 0 Å². The van der Waals surface area contributed by atoms with E-state index in [1.54, 1.807) is 26.2 Å². The monoisotopic (exact) mass is 246 g/mol. The van der Waals surface area contributed by atoms with Crippen LogP contribution in [0, 0.1) is 5.92 Å². The summed E-state index contributed by atoms with van der Waals surface area (Å²) >= 11 is 0. The van der Waals surface area contributed by atoms with E-state index >= 15 is 0 Å². The van der Waals surface area contributed by atoms with Gasteiger partial charge in [0, 0.05) is 27.8 Å². The lowest BCUT2D eigenvalue weighted by molar-refractivity contribution is -0.134. The second-order valence-corrected chi connectivity index (χ2v) is 4.17. The number of amides is 2. The van der Waals surface area contributed by atoms with Crippen molar-refractivity contribution < 1.29 is 14.3 Å². The Kier molecular flexibility index (Phi) is 12.2. The van der Waals surface area contributed by atoms with Crippen LogP contribution in [0.15, 0.2) is 0 Å². The zero-order chi connectivity index (χ0) is 13.8. The minimum Gasteiger partial charge on any atom is -0.388 e. The number of ether oxygens (including phenoxy) is 1. The van der Waals surface area contributed by atoms with Gasteiger partial charge in [0.2, 0.25) is 12.3 Å². The fraction of sp³-hybridized carbons (Fsp3) is 0.833. The maximum atomic E-state index is 11.8. The molecule has 2 amide bonds. The Morgan fingerprint density at radius 2 is 1.88 bits per heavy atom. The smallest absolute Gasteiger partial charge is 0.245 e. The van der Waals surface area contributed by atoms with Gasteiger partial charge in [0.15, 0.2) is 0 Å². The summed E-state index contributed by atoms with van der Waals surface area (Å²) in [5, 5.41) is 2.55. The van der Waals surface area contributed by atoms with Crippen molar-refractivity contribution >= 4 is 12.3 Å². The minimum atomic E-state index is -0.399. The number of nitrogens with zero attached hydrogens (tertiary/aromatic N) is 1. The summed E-state index contributed by atoms with van der Waals surface area (Å²) in [6, 6.07) is -0.399. The van der Waals surface area contributed by atoms with Gasteiger partial charge in [0.05, 0.1) is 0 Å². The molecule has 0 aliphatic carbocycles. The summed E-state index contributed by atoms with van der Waals surface area (Å²) in [7, 11) is 5.01. The SMILES string of the molecule is CCCN(C)C(=O)C(NC=O)C(C)C.COC. The summed E-state index contributed by atoms with van der Waals surface area (Å²) in [4.78, 5) is 23.7. The van der Waals surface area contributed by atoms with Gasteiger partial charge in [-0.05, 0) is 12.3 Å². The minimum absolute atomic E-state index is 0.0195. The molecule has 0 spiro atoms. The first-order valence-electron chi connectivity index (χ1n) is 5.80. The lowest BCUT2D eigenvalue weighted by atomic mass is 10.0. The summed E-state index contributed by atoms with van der Waals surface area (Å²) in [6.45, 7) is 6.57. The van der Waals surface area contributed by atoms with E-state index in [4.69, 9.17) is 0 Å². The van der Waals surface area contributed by atoms with Crippen molar-refractivity contribution in [3.8, 4) is 0 Å². The first kappa shape index (κ1) is 18.3. The number of methoxy groups -OCH3 is 1. The van der Waals surface area contributed by atoms with E-state index in [0.29, 0.717) is 6.41 Å². The predicted octanol–water partition coefficient (Wildman–Crippen LogP) is 0.888. The first-order chi connectivity index (χ1) is 7.95. The molecule has 0 saturated heterocycles. The Morgan fingerprint density at radius 1 is 1.41 bits per heavy atom. The summed E-state index contributed by atoms with van der Waals surface area (Å²) in [6.07, 6.45) is 1.51. The Hall–Kier alpha value is -1.10. The Balaban J connectivity index is 0. The lowest BCUT2D eigenvalue weighted by Gasteiger charge is -2.25. The normalized spacial score (nSPS) is 11.2. The molecule has 0 aromatic rings. The van der Waals surface area contributed by atoms with Gasteiger partial charge in [0.1, 0.15) is 6.04 Å². The zero-order valence-corrected chi connectivity index (χ0v) is 11.8. The van der Waals surface area contributed by atoms with Gasteiger partial charge >= 0.3 is 0 Å². The molecule has 0 aliphatic heterocycles. The summed E-state index contributed by atoms with van der Waals surface area (Å²) in [5.41, 5.74) is 0. The lowest BCUT2D eigenvalue weighted by Crippen LogP contribution is -2.47. The maximum Gasteiger partial charge on any atom is 0.245 e. The average molecular weight is 246 g/mol. The van der Waals surface area contributed by atoms with E-state index in [1.807, 2.05) is 20.8 Å². The number of carbonyl (C=O) groups excluding carboxylic acids is 2. The summed E-state index contributed by atoms with van der Waals surface area (Å²) < 4.78 is 4.25. The summed E-state index contributed by atoms with van der Waals surface area (Å²) in [5.74, 6) is 0.0981. The number of nitrogens with one attached hydrogen (secondary N) is 1. The van der Waals surface area contributed by atoms with Crippen molar-refractivity contribution in [1.29, 1.82) is 0 Å². The molecule has 102 valence electrons. The second-order valence-electron chi connectivity index (χ2n) is 4.17. The highest BCUT2D eigenvalue weighted by Crippen LogP contribution is 2.04. The van der Waals surface area contributed by atoms with Crippen molar-refractivity contribution in [2.24, 2.45) is 5.92 Å². The highest BCUT2D eigenvalue weighted by Gasteiger charge is 2.23. The standard InChI is InChI=1S/C10H20N2O2.C2H6O/c1-5-6-12(4)10(14)9(8(2)3)11-7-13;1-3-2/h7-9H,5-6H2,1-4H3,(H,11,13);1-2H3. The van der Waals surface area contributed by atoms with E-state index in [-0.39, 0.29) is 11.8 Å². The number of hydrogen-bond donors (Lipinski definition) is 1. The number of rotatable bonds is 6. The van der Waals surface area contributed by atoms with Crippen molar-refractivity contribution in [2.75, 3.05) is 27.8 Å². The Bertz CT molecular complexity index is 208. The van der Waals surface area contributed by atoms with Crippen LogP contribution in [0.4, 0.5) is 0 Å². The molecule has 0 aromatic heterocycles. The molecule has 5 nitrogen and oxygen atoms in total. The molecular formula is C12H26N2O3. The van der Waals surface area contributed by atoms with Crippen LogP contribution in [0.5, 0.6) is 0 Å². The molecule has 0 rings (SSSR count). The fourth-order valence-corrected chi connectivity index (χ4v) is 1.31. The number of hydrogen-bond acceptors (Lipinski definition) is 3. The predicted molar refractivity (Wildman–Crippen MR) is 68.7 cm³/mol. The third-order valence-corrected chi connectivity index (χ3v) is 2.12. The van der Waals surface area contributed by atoms with Crippen LogP contribution in [0.25, 0.3) is 0 Å². The van der Waals surface area contributed by atoms with E-state index in [0.717, 1.165) is 13.0 Å². The van der Waals surface area contributed by atoms with Crippen molar-refractivity contribution in [3.05, 3.63) is 0 Å². The molecule has 1 N–H and O–H groups in total. The molecule has 5 heteroatoms. The van der Waals surface area contributed by atoms with E-state index in [9.17, 15) is 9.59 Å². The van der Waals surface area contributed by atoms with Gasteiger partial charge in [-0.25, -0.2) is 0 Å². The maximum absolute atomic E-state index is 11.8. The largest absolute Gasteiger partial charge is 0.388 e. The zero-order valence-electron chi connectivity index (χ0n) is 11.8. The van der Waals surface area contributed by atoms with E-state index < -0.39 is 6.04 Å². The topological polar surface area (TPSA) is 58.6 Å². The van der Waals surface area contributed by atoms with Crippen LogP contribution in [-0.4, -0.2) is 51.1 Å². The molecule has 0 radical (unpaired) electrons. The molecule has 1 unspecified atom stereocenters. The third kappa shape index (κ3) is 8.68. The highest BCUT2D eigenvalue weighted by atomic mass is 16.4. The third-order valence-electron chi connectivity index (χ3n) is 2.12. The molecule has 17 heavy (non-hydrogen) atoms. The van der Waals surface area contributed by atoms with Crippen LogP contribution in [0.3, 0.4) is 0 Å². The van der Waals surface area contributed by atoms with Gasteiger partial charge in [-0.1, -0.05) is 20.8 Å². The van der Waals surface area contributed by atoms with Crippen LogP contribution < -0.4 is 5.32 Å². The highest BCUT2D eigenvalue weighted by molar-refractivity contribution is 5.83. The molecule has 0 heterocycles.